The smallest absolute Gasteiger partial charge is 0.264 e. The van der Waals surface area contributed by atoms with Gasteiger partial charge in [0.25, 0.3) is 10.0 Å². The van der Waals surface area contributed by atoms with E-state index in [1.54, 1.807) is 24.3 Å². The van der Waals surface area contributed by atoms with E-state index in [-0.39, 0.29) is 35.6 Å². The van der Waals surface area contributed by atoms with Gasteiger partial charge in [-0.3, -0.25) is 13.9 Å². The number of benzene rings is 4. The molecule has 0 saturated carbocycles. The molecule has 4 rings (SSSR count). The van der Waals surface area contributed by atoms with Gasteiger partial charge in [0.1, 0.15) is 12.6 Å². The minimum atomic E-state index is -4.31. The highest BCUT2D eigenvalue weighted by molar-refractivity contribution is 7.92. The number of aryl methyl sites for hydroxylation is 2. The number of rotatable bonds is 14. The lowest BCUT2D eigenvalue weighted by Crippen LogP contribution is -2.54. The first-order valence-electron chi connectivity index (χ1n) is 15.4. The third-order valence-corrected chi connectivity index (χ3v) is 9.62. The lowest BCUT2D eigenvalue weighted by Gasteiger charge is -2.34. The molecule has 47 heavy (non-hydrogen) atoms. The van der Waals surface area contributed by atoms with E-state index in [2.05, 4.69) is 5.32 Å². The van der Waals surface area contributed by atoms with Crippen molar-refractivity contribution in [1.82, 2.24) is 10.2 Å². The number of hydrogen-bond acceptors (Lipinski definition) is 6. The van der Waals surface area contributed by atoms with Gasteiger partial charge in [0.2, 0.25) is 11.8 Å². The van der Waals surface area contributed by atoms with Gasteiger partial charge < -0.3 is 19.7 Å². The summed E-state index contributed by atoms with van der Waals surface area (Å²) in [5.74, 6) is -0.250. The van der Waals surface area contributed by atoms with Gasteiger partial charge in [-0.2, -0.15) is 0 Å². The Morgan fingerprint density at radius 2 is 1.45 bits per heavy atom. The van der Waals surface area contributed by atoms with Crippen LogP contribution in [0.1, 0.15) is 36.1 Å². The molecule has 10 heteroatoms. The molecule has 0 bridgehead atoms. The maximum absolute atomic E-state index is 14.6. The van der Waals surface area contributed by atoms with Crippen molar-refractivity contribution >= 4 is 27.5 Å². The number of ether oxygens (including phenoxy) is 2. The predicted octanol–water partition coefficient (Wildman–Crippen LogP) is 5.68. The number of nitrogens with zero attached hydrogens (tertiary/aromatic N) is 2. The van der Waals surface area contributed by atoms with Crippen LogP contribution in [0.25, 0.3) is 0 Å². The zero-order valence-corrected chi connectivity index (χ0v) is 28.6. The average Bonchev–Trinajstić information content (AvgIpc) is 3.06. The third-order valence-electron chi connectivity index (χ3n) is 7.85. The second kappa shape index (κ2) is 15.6. The van der Waals surface area contributed by atoms with Gasteiger partial charge in [-0.25, -0.2) is 8.42 Å². The van der Waals surface area contributed by atoms with E-state index < -0.39 is 28.5 Å². The molecule has 4 aromatic carbocycles. The van der Waals surface area contributed by atoms with Crippen LogP contribution in [-0.4, -0.2) is 58.0 Å². The van der Waals surface area contributed by atoms with Gasteiger partial charge in [-0.05, 0) is 68.7 Å². The number of hydrogen-bond donors (Lipinski definition) is 1. The van der Waals surface area contributed by atoms with Crippen LogP contribution in [0.3, 0.4) is 0 Å². The summed E-state index contributed by atoms with van der Waals surface area (Å²) in [7, 11) is -1.42. The topological polar surface area (TPSA) is 105 Å². The zero-order valence-electron chi connectivity index (χ0n) is 27.8. The lowest BCUT2D eigenvalue weighted by atomic mass is 10.0. The average molecular weight is 658 g/mol. The quantitative estimate of drug-likeness (QED) is 0.187. The van der Waals surface area contributed by atoms with Crippen molar-refractivity contribution in [2.75, 3.05) is 25.1 Å². The summed E-state index contributed by atoms with van der Waals surface area (Å²) >= 11 is 0. The van der Waals surface area contributed by atoms with Crippen LogP contribution in [0, 0.1) is 13.8 Å². The van der Waals surface area contributed by atoms with Gasteiger partial charge in [-0.15, -0.1) is 0 Å². The monoisotopic (exact) mass is 657 g/mol. The molecule has 0 aromatic heterocycles. The summed E-state index contributed by atoms with van der Waals surface area (Å²) in [6.07, 6.45) is 0.240. The molecule has 0 saturated heterocycles. The first-order valence-corrected chi connectivity index (χ1v) is 16.9. The Kier molecular flexibility index (Phi) is 11.7. The largest absolute Gasteiger partial charge is 0.493 e. The van der Waals surface area contributed by atoms with Crippen molar-refractivity contribution in [3.05, 3.63) is 119 Å². The van der Waals surface area contributed by atoms with Crippen LogP contribution >= 0.6 is 0 Å². The van der Waals surface area contributed by atoms with Gasteiger partial charge in [0.05, 0.1) is 24.8 Å². The van der Waals surface area contributed by atoms with Crippen molar-refractivity contribution < 1.29 is 27.5 Å². The minimum absolute atomic E-state index is 0.0765. The Balaban J connectivity index is 1.83. The van der Waals surface area contributed by atoms with Gasteiger partial charge >= 0.3 is 0 Å². The molecule has 0 aliphatic rings. The van der Waals surface area contributed by atoms with E-state index in [9.17, 15) is 18.0 Å². The molecule has 0 aliphatic heterocycles. The van der Waals surface area contributed by atoms with Gasteiger partial charge in [0, 0.05) is 25.1 Å². The molecule has 1 unspecified atom stereocenters. The Hall–Kier alpha value is -4.83. The van der Waals surface area contributed by atoms with Crippen LogP contribution in [0.5, 0.6) is 11.5 Å². The molecule has 1 N–H and O–H groups in total. The summed E-state index contributed by atoms with van der Waals surface area (Å²) in [6.45, 7) is 7.12. The molecule has 248 valence electrons. The second-order valence-electron chi connectivity index (χ2n) is 11.7. The number of carbonyl (C=O) groups excluding carboxylic acids is 2. The van der Waals surface area contributed by atoms with Crippen molar-refractivity contribution in [1.29, 1.82) is 0 Å². The summed E-state index contributed by atoms with van der Waals surface area (Å²) in [6, 6.07) is 27.2. The molecule has 0 fully saturated rings. The number of amides is 2. The summed E-state index contributed by atoms with van der Waals surface area (Å²) in [4.78, 5) is 29.9. The molecule has 9 nitrogen and oxygen atoms in total. The van der Waals surface area contributed by atoms with Crippen molar-refractivity contribution in [3.63, 3.8) is 0 Å². The standard InChI is InChI=1S/C37H43N3O6S/c1-26(2)38-37(42)33(22-29-13-8-7-9-14-29)39(24-30-15-11-10-12-28(30)4)36(41)25-40(31-18-16-27(3)17-19-31)47(43,44)32-20-21-34(45-5)35(23-32)46-6/h7-21,23,26,33H,22,24-25H2,1-6H3,(H,38,42). The summed E-state index contributed by atoms with van der Waals surface area (Å²) < 4.78 is 40.5. The SMILES string of the molecule is COc1ccc(S(=O)(=O)N(CC(=O)N(Cc2ccccc2C)C(Cc2ccccc2)C(=O)NC(C)C)c2ccc(C)cc2)cc1OC. The maximum atomic E-state index is 14.6. The molecule has 0 radical (unpaired) electrons. The van der Waals surface area contributed by atoms with Gasteiger partial charge in [0.15, 0.2) is 11.5 Å². The van der Waals surface area contributed by atoms with E-state index >= 15 is 0 Å². The van der Waals surface area contributed by atoms with E-state index in [4.69, 9.17) is 9.47 Å². The Morgan fingerprint density at radius 3 is 2.06 bits per heavy atom. The van der Waals surface area contributed by atoms with Crippen LogP contribution in [-0.2, 0) is 32.6 Å². The zero-order chi connectivity index (χ0) is 34.1. The van der Waals surface area contributed by atoms with Gasteiger partial charge in [-0.1, -0.05) is 72.3 Å². The third kappa shape index (κ3) is 8.71. The Labute approximate surface area is 278 Å². The molecule has 0 spiro atoms. The van der Waals surface area contributed by atoms with Crippen molar-refractivity contribution in [2.24, 2.45) is 0 Å². The molecule has 2 amide bonds. The van der Waals surface area contributed by atoms with Crippen LogP contribution in [0.15, 0.2) is 102 Å². The fourth-order valence-corrected chi connectivity index (χ4v) is 6.68. The summed E-state index contributed by atoms with van der Waals surface area (Å²) in [5, 5.41) is 2.98. The Morgan fingerprint density at radius 1 is 0.809 bits per heavy atom. The molecule has 1 atom stereocenters. The van der Waals surface area contributed by atoms with E-state index in [1.165, 1.54) is 37.3 Å². The molecule has 4 aromatic rings. The predicted molar refractivity (Wildman–Crippen MR) is 184 cm³/mol. The second-order valence-corrected chi connectivity index (χ2v) is 13.5. The highest BCUT2D eigenvalue weighted by Gasteiger charge is 2.35. The first kappa shape index (κ1) is 35.0. The van der Waals surface area contributed by atoms with E-state index in [1.807, 2.05) is 82.3 Å². The molecule has 0 aliphatic carbocycles. The van der Waals surface area contributed by atoms with Crippen LogP contribution in [0.4, 0.5) is 5.69 Å². The molecule has 0 heterocycles. The van der Waals surface area contributed by atoms with Crippen molar-refractivity contribution in [2.45, 2.75) is 57.6 Å². The molecular weight excluding hydrogens is 614 g/mol. The number of carbonyl (C=O) groups is 2. The lowest BCUT2D eigenvalue weighted by molar-refractivity contribution is -0.140. The number of sulfonamides is 1. The number of methoxy groups -OCH3 is 2. The highest BCUT2D eigenvalue weighted by Crippen LogP contribution is 2.32. The van der Waals surface area contributed by atoms with Crippen molar-refractivity contribution in [3.8, 4) is 11.5 Å². The van der Waals surface area contributed by atoms with Crippen LogP contribution in [0.2, 0.25) is 0 Å². The first-order chi connectivity index (χ1) is 22.4. The maximum Gasteiger partial charge on any atom is 0.264 e. The Bertz CT molecular complexity index is 1780. The number of anilines is 1. The van der Waals surface area contributed by atoms with E-state index in [0.29, 0.717) is 11.4 Å². The fraction of sp³-hybridized carbons (Fsp3) is 0.297. The number of nitrogens with one attached hydrogen (secondary N) is 1. The molecular formula is C37H43N3O6S. The van der Waals surface area contributed by atoms with Crippen LogP contribution < -0.4 is 19.1 Å². The van der Waals surface area contributed by atoms with E-state index in [0.717, 1.165) is 26.6 Å². The summed E-state index contributed by atoms with van der Waals surface area (Å²) in [5.41, 5.74) is 3.90. The highest BCUT2D eigenvalue weighted by atomic mass is 32.2. The minimum Gasteiger partial charge on any atom is -0.493 e. The fourth-order valence-electron chi connectivity index (χ4n) is 5.25. The normalized spacial score (nSPS) is 11.9.